The number of unbranched alkanes of at least 4 members (excludes halogenated alkanes) is 9. The molecule has 0 fully saturated rings. The Morgan fingerprint density at radius 1 is 0.808 bits per heavy atom. The van der Waals surface area contributed by atoms with Gasteiger partial charge in [0.05, 0.1) is 0 Å². The molecule has 0 saturated heterocycles. The van der Waals surface area contributed by atoms with Crippen LogP contribution < -0.4 is 4.43 Å². The van der Waals surface area contributed by atoms with Crippen LogP contribution in [0.5, 0.6) is 5.75 Å². The topological polar surface area (TPSA) is 18.5 Å². The first-order valence-electron chi connectivity index (χ1n) is 10.9. The van der Waals surface area contributed by atoms with E-state index < -0.39 is 8.56 Å². The molecule has 0 radical (unpaired) electrons. The molecule has 1 aromatic rings. The van der Waals surface area contributed by atoms with Gasteiger partial charge in [-0.2, -0.15) is 0 Å². The number of rotatable bonds is 15. The fraction of sp³-hybridized carbons (Fsp3) is 0.739. The predicted molar refractivity (Wildman–Crippen MR) is 116 cm³/mol. The van der Waals surface area contributed by atoms with Crippen molar-refractivity contribution in [1.82, 2.24) is 0 Å². The van der Waals surface area contributed by atoms with Gasteiger partial charge in [-0.1, -0.05) is 96.8 Å². The van der Waals surface area contributed by atoms with Gasteiger partial charge in [0.15, 0.2) is 0 Å². The Labute approximate surface area is 163 Å². The minimum Gasteiger partial charge on any atom is -0.520 e. The highest BCUT2D eigenvalue weighted by atomic mass is 28.4. The average molecular weight is 379 g/mol. The zero-order valence-corrected chi connectivity index (χ0v) is 19.0. The molecule has 0 aliphatic carbocycles. The van der Waals surface area contributed by atoms with Crippen molar-refractivity contribution in [2.24, 2.45) is 0 Å². The van der Waals surface area contributed by atoms with E-state index in [0.29, 0.717) is 5.92 Å². The van der Waals surface area contributed by atoms with Crippen molar-refractivity contribution in [1.29, 1.82) is 0 Å². The van der Waals surface area contributed by atoms with Crippen LogP contribution in [0.15, 0.2) is 24.3 Å². The molecule has 0 heterocycles. The van der Waals surface area contributed by atoms with Crippen LogP contribution in [0.1, 0.15) is 96.5 Å². The van der Waals surface area contributed by atoms with Gasteiger partial charge in [-0.15, -0.1) is 0 Å². The summed E-state index contributed by atoms with van der Waals surface area (Å²) in [6.07, 6.45) is 13.6. The first-order valence-corrected chi connectivity index (χ1v) is 13.7. The summed E-state index contributed by atoms with van der Waals surface area (Å²) in [7, 11) is -2.12. The fourth-order valence-electron chi connectivity index (χ4n) is 3.25. The molecule has 26 heavy (non-hydrogen) atoms. The lowest BCUT2D eigenvalue weighted by atomic mass is 10.0. The predicted octanol–water partition coefficient (Wildman–Crippen LogP) is 7.83. The quantitative estimate of drug-likeness (QED) is 0.229. The molecule has 0 N–H and O–H groups in total. The average Bonchev–Trinajstić information content (AvgIpc) is 2.59. The van der Waals surface area contributed by atoms with E-state index in [1.807, 2.05) is 6.07 Å². The molecule has 0 unspecified atom stereocenters. The second kappa shape index (κ2) is 13.4. The zero-order chi connectivity index (χ0) is 19.3. The van der Waals surface area contributed by atoms with Gasteiger partial charge >= 0.3 is 8.56 Å². The van der Waals surface area contributed by atoms with E-state index in [9.17, 15) is 0 Å². The van der Waals surface area contributed by atoms with E-state index >= 15 is 0 Å². The lowest BCUT2D eigenvalue weighted by molar-refractivity contribution is 0.240. The molecule has 2 nitrogen and oxygen atoms in total. The summed E-state index contributed by atoms with van der Waals surface area (Å²) in [5.74, 6) is 1.47. The van der Waals surface area contributed by atoms with Crippen LogP contribution in [-0.4, -0.2) is 15.2 Å². The summed E-state index contributed by atoms with van der Waals surface area (Å²) in [6.45, 7) is 11.8. The molecule has 3 heteroatoms. The third-order valence-electron chi connectivity index (χ3n) is 4.84. The van der Waals surface area contributed by atoms with E-state index in [1.165, 1.54) is 63.4 Å². The van der Waals surface area contributed by atoms with Gasteiger partial charge in [0.25, 0.3) is 0 Å². The van der Waals surface area contributed by atoms with Crippen molar-refractivity contribution in [2.45, 2.75) is 104 Å². The van der Waals surface area contributed by atoms with Crippen molar-refractivity contribution in [3.8, 4) is 5.75 Å². The van der Waals surface area contributed by atoms with Crippen molar-refractivity contribution in [2.75, 3.05) is 6.61 Å². The summed E-state index contributed by atoms with van der Waals surface area (Å²) in [5.41, 5.74) is 1.27. The van der Waals surface area contributed by atoms with E-state index in [0.717, 1.165) is 18.8 Å². The van der Waals surface area contributed by atoms with Gasteiger partial charge in [-0.3, -0.25) is 0 Å². The van der Waals surface area contributed by atoms with Crippen LogP contribution in [-0.2, 0) is 4.43 Å². The molecular weight excluding hydrogens is 336 g/mol. The van der Waals surface area contributed by atoms with Gasteiger partial charge < -0.3 is 8.85 Å². The van der Waals surface area contributed by atoms with Crippen molar-refractivity contribution in [3.63, 3.8) is 0 Å². The Bertz CT molecular complexity index is 471. The van der Waals surface area contributed by atoms with Crippen molar-refractivity contribution < 1.29 is 8.85 Å². The van der Waals surface area contributed by atoms with Crippen molar-refractivity contribution in [3.05, 3.63) is 29.8 Å². The van der Waals surface area contributed by atoms with Gasteiger partial charge in [0.2, 0.25) is 0 Å². The highest BCUT2D eigenvalue weighted by Gasteiger charge is 2.27. The second-order valence-electron chi connectivity index (χ2n) is 8.22. The smallest absolute Gasteiger partial charge is 0.392 e. The van der Waals surface area contributed by atoms with Crippen LogP contribution in [0.2, 0.25) is 13.1 Å². The van der Waals surface area contributed by atoms with Gasteiger partial charge in [0.1, 0.15) is 5.75 Å². The van der Waals surface area contributed by atoms with E-state index in [4.69, 9.17) is 8.85 Å². The summed E-state index contributed by atoms with van der Waals surface area (Å²) >= 11 is 0. The summed E-state index contributed by atoms with van der Waals surface area (Å²) in [6, 6.07) is 8.37. The minimum atomic E-state index is -2.12. The molecule has 0 aromatic heterocycles. The summed E-state index contributed by atoms with van der Waals surface area (Å²) in [5, 5.41) is 0. The summed E-state index contributed by atoms with van der Waals surface area (Å²) < 4.78 is 12.5. The molecule has 1 rings (SSSR count). The first kappa shape index (κ1) is 23.2. The molecule has 0 bridgehead atoms. The van der Waals surface area contributed by atoms with Crippen LogP contribution in [0.4, 0.5) is 0 Å². The molecule has 0 spiro atoms. The number of benzene rings is 1. The maximum atomic E-state index is 6.30. The molecule has 150 valence electrons. The van der Waals surface area contributed by atoms with E-state index in [1.54, 1.807) is 0 Å². The maximum absolute atomic E-state index is 6.30. The van der Waals surface area contributed by atoms with E-state index in [2.05, 4.69) is 52.1 Å². The summed E-state index contributed by atoms with van der Waals surface area (Å²) in [4.78, 5) is 0. The molecular formula is C23H42O2Si. The molecule has 1 aromatic carbocycles. The first-order chi connectivity index (χ1) is 12.5. The van der Waals surface area contributed by atoms with E-state index in [-0.39, 0.29) is 0 Å². The highest BCUT2D eigenvalue weighted by molar-refractivity contribution is 6.65. The standard InChI is InChI=1S/C23H42O2Si/c1-6-7-8-9-10-11-12-13-14-17-20-24-26(4,5)25-23-19-16-15-18-22(23)21(2)3/h15-16,18-19,21H,6-14,17,20H2,1-5H3. The Morgan fingerprint density at radius 3 is 1.92 bits per heavy atom. The van der Waals surface area contributed by atoms with Crippen LogP contribution in [0, 0.1) is 0 Å². The SMILES string of the molecule is CCCCCCCCCCCCO[Si](C)(C)Oc1ccccc1C(C)C. The Kier molecular flexibility index (Phi) is 12.0. The molecule has 0 atom stereocenters. The Hall–Kier alpha value is -0.803. The monoisotopic (exact) mass is 378 g/mol. The van der Waals surface area contributed by atoms with Crippen LogP contribution >= 0.6 is 0 Å². The highest BCUT2D eigenvalue weighted by Crippen LogP contribution is 2.28. The van der Waals surface area contributed by atoms with Crippen molar-refractivity contribution >= 4 is 8.56 Å². The zero-order valence-electron chi connectivity index (χ0n) is 18.0. The molecule has 0 saturated carbocycles. The van der Waals surface area contributed by atoms with Crippen LogP contribution in [0.25, 0.3) is 0 Å². The number of hydrogen-bond donors (Lipinski definition) is 0. The largest absolute Gasteiger partial charge is 0.520 e. The molecule has 0 aliphatic rings. The second-order valence-corrected chi connectivity index (χ2v) is 11.5. The Morgan fingerprint density at radius 2 is 1.35 bits per heavy atom. The fourth-order valence-corrected chi connectivity index (χ4v) is 4.66. The number of hydrogen-bond acceptors (Lipinski definition) is 2. The molecule has 0 amide bonds. The third kappa shape index (κ3) is 10.4. The number of para-hydroxylation sites is 1. The lowest BCUT2D eigenvalue weighted by Crippen LogP contribution is -2.39. The maximum Gasteiger partial charge on any atom is 0.392 e. The van der Waals surface area contributed by atoms with Gasteiger partial charge in [0, 0.05) is 6.61 Å². The minimum absolute atomic E-state index is 0.470. The van der Waals surface area contributed by atoms with Gasteiger partial charge in [-0.25, -0.2) is 0 Å². The third-order valence-corrected chi connectivity index (χ3v) is 6.46. The van der Waals surface area contributed by atoms with Gasteiger partial charge in [-0.05, 0) is 37.1 Å². The normalized spacial score (nSPS) is 11.9. The Balaban J connectivity index is 2.15. The lowest BCUT2D eigenvalue weighted by Gasteiger charge is -2.26. The van der Waals surface area contributed by atoms with Crippen LogP contribution in [0.3, 0.4) is 0 Å². The molecule has 0 aliphatic heterocycles.